The maximum absolute atomic E-state index is 9.80. The van der Waals surface area contributed by atoms with Crippen molar-refractivity contribution >= 4 is 0 Å². The highest BCUT2D eigenvalue weighted by molar-refractivity contribution is 5.09. The zero-order chi connectivity index (χ0) is 13.5. The summed E-state index contributed by atoms with van der Waals surface area (Å²) < 4.78 is 5.72. The molecule has 0 aliphatic heterocycles. The minimum absolute atomic E-state index is 0.395. The largest absolute Gasteiger partial charge is 0.477 e. The van der Waals surface area contributed by atoms with Gasteiger partial charge in [0.1, 0.15) is 6.10 Å². The summed E-state index contributed by atoms with van der Waals surface area (Å²) >= 11 is 0. The molecule has 0 spiro atoms. The summed E-state index contributed by atoms with van der Waals surface area (Å²) in [6.07, 6.45) is 7.82. The van der Waals surface area contributed by atoms with Crippen molar-refractivity contribution in [3.8, 4) is 5.88 Å². The summed E-state index contributed by atoms with van der Waals surface area (Å²) in [7, 11) is 0. The summed E-state index contributed by atoms with van der Waals surface area (Å²) in [5.74, 6) is 1.58. The molecule has 0 radical (unpaired) electrons. The van der Waals surface area contributed by atoms with Gasteiger partial charge in [0.05, 0.1) is 6.61 Å². The number of nitrogens with zero attached hydrogens (tertiary/aromatic N) is 2. The van der Waals surface area contributed by atoms with E-state index in [0.717, 1.165) is 0 Å². The van der Waals surface area contributed by atoms with Gasteiger partial charge in [0.15, 0.2) is 5.82 Å². The lowest BCUT2D eigenvalue weighted by Crippen LogP contribution is -2.16. The van der Waals surface area contributed by atoms with Crippen molar-refractivity contribution < 1.29 is 9.84 Å². The third kappa shape index (κ3) is 4.44. The molecule has 1 saturated carbocycles. The molecule has 106 valence electrons. The van der Waals surface area contributed by atoms with Gasteiger partial charge < -0.3 is 15.6 Å². The van der Waals surface area contributed by atoms with Gasteiger partial charge in [-0.1, -0.05) is 19.3 Å². The number of hydrogen-bond donors (Lipinski definition) is 2. The Morgan fingerprint density at radius 2 is 2.16 bits per heavy atom. The minimum Gasteiger partial charge on any atom is -0.477 e. The molecule has 0 unspecified atom stereocenters. The first kappa shape index (κ1) is 14.2. The molecule has 0 saturated heterocycles. The Kier molecular flexibility index (Phi) is 5.54. The van der Waals surface area contributed by atoms with Crippen LogP contribution in [0.4, 0.5) is 0 Å². The van der Waals surface area contributed by atoms with Crippen molar-refractivity contribution in [3.05, 3.63) is 18.1 Å². The Hall–Kier alpha value is -1.20. The average Bonchev–Trinajstić information content (AvgIpc) is 2.47. The summed E-state index contributed by atoms with van der Waals surface area (Å²) in [4.78, 5) is 8.29. The van der Waals surface area contributed by atoms with Gasteiger partial charge in [-0.3, -0.25) is 0 Å². The van der Waals surface area contributed by atoms with Gasteiger partial charge >= 0.3 is 0 Å². The molecule has 5 nitrogen and oxygen atoms in total. The highest BCUT2D eigenvalue weighted by atomic mass is 16.5. The maximum atomic E-state index is 9.80. The predicted molar refractivity (Wildman–Crippen MR) is 72.7 cm³/mol. The average molecular weight is 265 g/mol. The quantitative estimate of drug-likeness (QED) is 0.820. The van der Waals surface area contributed by atoms with E-state index in [0.29, 0.717) is 37.2 Å². The SMILES string of the molecule is NCC[C@@H](O)c1nccc(OCC2CCCCC2)n1. The van der Waals surface area contributed by atoms with Gasteiger partial charge in [-0.05, 0) is 31.7 Å². The van der Waals surface area contributed by atoms with Crippen molar-refractivity contribution in [1.82, 2.24) is 9.97 Å². The Morgan fingerprint density at radius 3 is 2.89 bits per heavy atom. The van der Waals surface area contributed by atoms with Gasteiger partial charge in [0, 0.05) is 12.3 Å². The highest BCUT2D eigenvalue weighted by Crippen LogP contribution is 2.24. The molecular weight excluding hydrogens is 242 g/mol. The van der Waals surface area contributed by atoms with Crippen LogP contribution < -0.4 is 10.5 Å². The number of aromatic nitrogens is 2. The molecule has 3 N–H and O–H groups in total. The summed E-state index contributed by atoms with van der Waals surface area (Å²) in [5.41, 5.74) is 5.41. The molecule has 1 heterocycles. The van der Waals surface area contributed by atoms with E-state index in [2.05, 4.69) is 9.97 Å². The van der Waals surface area contributed by atoms with Crippen molar-refractivity contribution in [1.29, 1.82) is 0 Å². The first-order valence-corrected chi connectivity index (χ1v) is 7.13. The van der Waals surface area contributed by atoms with E-state index in [4.69, 9.17) is 10.5 Å². The second-order valence-corrected chi connectivity index (χ2v) is 5.16. The summed E-state index contributed by atoms with van der Waals surface area (Å²) in [5, 5.41) is 9.80. The van der Waals surface area contributed by atoms with Crippen LogP contribution in [0.25, 0.3) is 0 Å². The molecule has 1 atom stereocenters. The third-order valence-corrected chi connectivity index (χ3v) is 3.58. The van der Waals surface area contributed by atoms with Crippen LogP contribution in [0.3, 0.4) is 0 Å². The fourth-order valence-electron chi connectivity index (χ4n) is 2.44. The number of aliphatic hydroxyl groups excluding tert-OH is 1. The molecule has 1 aromatic rings. The Morgan fingerprint density at radius 1 is 1.37 bits per heavy atom. The Labute approximate surface area is 114 Å². The van der Waals surface area contributed by atoms with E-state index < -0.39 is 6.10 Å². The molecule has 19 heavy (non-hydrogen) atoms. The summed E-state index contributed by atoms with van der Waals surface area (Å²) in [6.45, 7) is 1.13. The van der Waals surface area contributed by atoms with Gasteiger partial charge in [-0.25, -0.2) is 4.98 Å². The van der Waals surface area contributed by atoms with Crippen molar-refractivity contribution in [2.45, 2.75) is 44.6 Å². The molecular formula is C14H23N3O2. The van der Waals surface area contributed by atoms with E-state index in [1.807, 2.05) is 0 Å². The first-order chi connectivity index (χ1) is 9.29. The maximum Gasteiger partial charge on any atom is 0.216 e. The zero-order valence-corrected chi connectivity index (χ0v) is 11.3. The highest BCUT2D eigenvalue weighted by Gasteiger charge is 2.15. The van der Waals surface area contributed by atoms with Crippen LogP contribution in [0.2, 0.25) is 0 Å². The zero-order valence-electron chi connectivity index (χ0n) is 11.3. The van der Waals surface area contributed by atoms with E-state index in [1.165, 1.54) is 32.1 Å². The van der Waals surface area contributed by atoms with Crippen LogP contribution in [-0.2, 0) is 0 Å². The molecule has 1 fully saturated rings. The molecule has 1 aromatic heterocycles. The Bertz CT molecular complexity index is 381. The smallest absolute Gasteiger partial charge is 0.216 e. The normalized spacial score (nSPS) is 18.2. The van der Waals surface area contributed by atoms with Crippen LogP contribution in [0.5, 0.6) is 5.88 Å². The molecule has 1 aliphatic carbocycles. The van der Waals surface area contributed by atoms with Crippen LogP contribution in [0.15, 0.2) is 12.3 Å². The van der Waals surface area contributed by atoms with Crippen LogP contribution in [0.1, 0.15) is 50.5 Å². The molecule has 2 rings (SSSR count). The van der Waals surface area contributed by atoms with Crippen LogP contribution >= 0.6 is 0 Å². The molecule has 5 heteroatoms. The number of ether oxygens (including phenoxy) is 1. The van der Waals surface area contributed by atoms with E-state index in [1.54, 1.807) is 12.3 Å². The van der Waals surface area contributed by atoms with Gasteiger partial charge in [-0.15, -0.1) is 0 Å². The monoisotopic (exact) mass is 265 g/mol. The third-order valence-electron chi connectivity index (χ3n) is 3.58. The Balaban J connectivity index is 1.87. The van der Waals surface area contributed by atoms with Gasteiger partial charge in [0.25, 0.3) is 0 Å². The molecule has 0 aromatic carbocycles. The van der Waals surface area contributed by atoms with E-state index in [-0.39, 0.29) is 0 Å². The second-order valence-electron chi connectivity index (χ2n) is 5.16. The van der Waals surface area contributed by atoms with E-state index in [9.17, 15) is 5.11 Å². The number of nitrogens with two attached hydrogens (primary N) is 1. The van der Waals surface area contributed by atoms with Gasteiger partial charge in [-0.2, -0.15) is 4.98 Å². The second kappa shape index (κ2) is 7.40. The first-order valence-electron chi connectivity index (χ1n) is 7.13. The standard InChI is InChI=1S/C14H23N3O2/c15-8-6-12(18)14-16-9-7-13(17-14)19-10-11-4-2-1-3-5-11/h7,9,11-12,18H,1-6,8,10,15H2/t12-/m1/s1. The minimum atomic E-state index is -0.705. The fourth-order valence-corrected chi connectivity index (χ4v) is 2.44. The predicted octanol–water partition coefficient (Wildman–Crippen LogP) is 1.82. The summed E-state index contributed by atoms with van der Waals surface area (Å²) in [6, 6.07) is 1.74. The molecule has 1 aliphatic rings. The lowest BCUT2D eigenvalue weighted by Gasteiger charge is -2.21. The van der Waals surface area contributed by atoms with E-state index >= 15 is 0 Å². The van der Waals surface area contributed by atoms with Crippen molar-refractivity contribution in [2.24, 2.45) is 11.7 Å². The lowest BCUT2D eigenvalue weighted by molar-refractivity contribution is 0.156. The number of aliphatic hydroxyl groups is 1. The van der Waals surface area contributed by atoms with Crippen molar-refractivity contribution in [3.63, 3.8) is 0 Å². The lowest BCUT2D eigenvalue weighted by atomic mass is 9.90. The van der Waals surface area contributed by atoms with Crippen LogP contribution in [0, 0.1) is 5.92 Å². The van der Waals surface area contributed by atoms with Crippen LogP contribution in [-0.4, -0.2) is 28.2 Å². The number of hydrogen-bond acceptors (Lipinski definition) is 5. The molecule has 0 amide bonds. The molecule has 0 bridgehead atoms. The van der Waals surface area contributed by atoms with Gasteiger partial charge in [0.2, 0.25) is 5.88 Å². The van der Waals surface area contributed by atoms with Crippen molar-refractivity contribution in [2.75, 3.05) is 13.2 Å². The topological polar surface area (TPSA) is 81.3 Å². The fraction of sp³-hybridized carbons (Fsp3) is 0.714. The number of rotatable bonds is 6.